The Morgan fingerprint density at radius 1 is 0.396 bits per heavy atom. The molecule has 0 fully saturated rings. The molecule has 6 heteroatoms. The highest BCUT2D eigenvalue weighted by molar-refractivity contribution is 5.60. The zero-order chi connectivity index (χ0) is 36.1. The van der Waals surface area contributed by atoms with Crippen LogP contribution in [0, 0.1) is 20.8 Å². The van der Waals surface area contributed by atoms with Gasteiger partial charge in [0.05, 0.1) is 0 Å². The lowest BCUT2D eigenvalue weighted by molar-refractivity contribution is 0.288. The smallest absolute Gasteiger partial charge is 0.161 e. The van der Waals surface area contributed by atoms with E-state index >= 15 is 0 Å². The molecule has 3 aliphatic rings. The molecular weight excluding hydrogens is 655 g/mol. The van der Waals surface area contributed by atoms with Gasteiger partial charge in [-0.15, -0.1) is 0 Å². The fourth-order valence-electron chi connectivity index (χ4n) is 7.92. The van der Waals surface area contributed by atoms with E-state index in [2.05, 4.69) is 170 Å². The van der Waals surface area contributed by atoms with E-state index in [1.807, 2.05) is 0 Å². The minimum atomic E-state index is -0.497. The van der Waals surface area contributed by atoms with Gasteiger partial charge >= 0.3 is 0 Å². The fraction of sp³-hybridized carbons (Fsp3) is 0.234. The summed E-state index contributed by atoms with van der Waals surface area (Å²) in [6, 6.07) is 46.4. The van der Waals surface area contributed by atoms with Gasteiger partial charge in [-0.1, -0.05) is 71.3 Å². The van der Waals surface area contributed by atoms with Gasteiger partial charge < -0.3 is 28.9 Å². The van der Waals surface area contributed by atoms with Crippen LogP contribution in [0.2, 0.25) is 0 Å². The Morgan fingerprint density at radius 3 is 0.962 bits per heavy atom. The van der Waals surface area contributed by atoms with E-state index in [0.29, 0.717) is 20.2 Å². The van der Waals surface area contributed by atoms with Crippen LogP contribution in [0.3, 0.4) is 0 Å². The lowest BCUT2D eigenvalue weighted by Gasteiger charge is -2.37. The van der Waals surface area contributed by atoms with E-state index in [1.54, 1.807) is 0 Å². The zero-order valence-electron chi connectivity index (χ0n) is 30.9. The molecule has 0 spiro atoms. The Hall–Kier alpha value is -5.88. The molecule has 0 aliphatic carbocycles. The predicted molar refractivity (Wildman–Crippen MR) is 213 cm³/mol. The van der Waals surface area contributed by atoms with E-state index < -0.39 is 5.41 Å². The molecular formula is C47H45N3O3. The molecule has 6 nitrogen and oxygen atoms in total. The quantitative estimate of drug-likeness (QED) is 0.161. The molecule has 3 aliphatic heterocycles. The van der Waals surface area contributed by atoms with Gasteiger partial charge in [0.25, 0.3) is 0 Å². The van der Waals surface area contributed by atoms with Crippen molar-refractivity contribution >= 4 is 17.1 Å². The molecule has 266 valence electrons. The molecule has 0 bridgehead atoms. The molecule has 6 aromatic carbocycles. The third kappa shape index (κ3) is 6.22. The summed E-state index contributed by atoms with van der Waals surface area (Å²) in [4.78, 5) is 6.90. The molecule has 0 aromatic heterocycles. The highest BCUT2D eigenvalue weighted by Crippen LogP contribution is 2.45. The van der Waals surface area contributed by atoms with Gasteiger partial charge in [-0.2, -0.15) is 0 Å². The molecule has 0 radical (unpaired) electrons. The van der Waals surface area contributed by atoms with Crippen LogP contribution < -0.4 is 28.9 Å². The van der Waals surface area contributed by atoms with Crippen molar-refractivity contribution in [1.82, 2.24) is 0 Å². The molecule has 3 heterocycles. The number of rotatable bonds is 6. The topological polar surface area (TPSA) is 37.4 Å². The Morgan fingerprint density at radius 2 is 0.679 bits per heavy atom. The van der Waals surface area contributed by atoms with Crippen LogP contribution in [0.5, 0.6) is 17.2 Å². The number of aryl methyl sites for hydroxylation is 3. The van der Waals surface area contributed by atoms with E-state index in [0.717, 1.165) is 53.9 Å². The highest BCUT2D eigenvalue weighted by atomic mass is 16.5. The summed E-state index contributed by atoms with van der Waals surface area (Å²) in [5, 5.41) is 0. The Labute approximate surface area is 312 Å². The van der Waals surface area contributed by atoms with Gasteiger partial charge in [0, 0.05) is 58.8 Å². The second-order valence-corrected chi connectivity index (χ2v) is 15.0. The van der Waals surface area contributed by atoms with Crippen molar-refractivity contribution in [2.24, 2.45) is 0 Å². The average Bonchev–Trinajstić information content (AvgIpc) is 3.20. The van der Waals surface area contributed by atoms with Crippen LogP contribution in [0.25, 0.3) is 0 Å². The van der Waals surface area contributed by atoms with Gasteiger partial charge in [0.2, 0.25) is 0 Å². The average molecular weight is 700 g/mol. The number of nitrogens with zero attached hydrogens (tertiary/aromatic N) is 3. The first-order chi connectivity index (χ1) is 25.8. The minimum absolute atomic E-state index is 0.497. The number of fused-ring (bicyclic) bond motifs is 3. The maximum Gasteiger partial charge on any atom is 0.161 e. The molecule has 0 unspecified atom stereocenters. The van der Waals surface area contributed by atoms with Gasteiger partial charge in [0.15, 0.2) is 20.2 Å². The first-order valence-electron chi connectivity index (χ1n) is 18.5. The predicted octanol–water partition coefficient (Wildman–Crippen LogP) is 10.0. The van der Waals surface area contributed by atoms with E-state index in [4.69, 9.17) is 14.2 Å². The summed E-state index contributed by atoms with van der Waals surface area (Å²) in [5.41, 5.74) is 13.9. The van der Waals surface area contributed by atoms with Crippen LogP contribution >= 0.6 is 0 Å². The van der Waals surface area contributed by atoms with E-state index in [-0.39, 0.29) is 0 Å². The van der Waals surface area contributed by atoms with Crippen LogP contribution in [0.4, 0.5) is 17.1 Å². The monoisotopic (exact) mass is 699 g/mol. The number of hydrogen-bond donors (Lipinski definition) is 0. The lowest BCUT2D eigenvalue weighted by atomic mass is 9.70. The second kappa shape index (κ2) is 13.3. The zero-order valence-corrected chi connectivity index (χ0v) is 30.9. The summed E-state index contributed by atoms with van der Waals surface area (Å²) in [6.45, 7) is 12.6. The first kappa shape index (κ1) is 33.0. The fourth-order valence-corrected chi connectivity index (χ4v) is 7.92. The number of benzene rings is 6. The third-order valence-corrected chi connectivity index (χ3v) is 11.3. The van der Waals surface area contributed by atoms with Crippen molar-refractivity contribution in [2.45, 2.75) is 52.7 Å². The number of anilines is 3. The van der Waals surface area contributed by atoms with Crippen LogP contribution in [0.15, 0.2) is 127 Å². The van der Waals surface area contributed by atoms with Gasteiger partial charge in [-0.3, -0.25) is 0 Å². The van der Waals surface area contributed by atoms with Crippen molar-refractivity contribution in [3.63, 3.8) is 0 Å². The minimum Gasteiger partial charge on any atom is -0.473 e. The lowest BCUT2D eigenvalue weighted by Crippen LogP contribution is -2.34. The summed E-state index contributed by atoms with van der Waals surface area (Å²) < 4.78 is 19.1. The van der Waals surface area contributed by atoms with Crippen LogP contribution in [-0.2, 0) is 25.0 Å². The molecule has 0 saturated carbocycles. The van der Waals surface area contributed by atoms with Gasteiger partial charge in [-0.05, 0) is 117 Å². The van der Waals surface area contributed by atoms with Gasteiger partial charge in [0.1, 0.15) is 17.2 Å². The Kier molecular flexibility index (Phi) is 8.26. The molecule has 0 saturated heterocycles. The number of ether oxygens (including phenoxy) is 3. The van der Waals surface area contributed by atoms with Crippen LogP contribution in [0.1, 0.15) is 57.0 Å². The first-order valence-corrected chi connectivity index (χ1v) is 18.5. The third-order valence-electron chi connectivity index (χ3n) is 11.3. The molecule has 0 atom stereocenters. The SMILES string of the molecule is Cc1ccc(N2COc3ccc(C(C)(c4ccc5c(c4)CN(c4ccc(C)cc4)CO5)c4ccc5c(c4)CN(c4ccc(C)cc4)CO5)cc3C2)cc1. The van der Waals surface area contributed by atoms with Gasteiger partial charge in [-0.25, -0.2) is 0 Å². The summed E-state index contributed by atoms with van der Waals surface area (Å²) in [5.74, 6) is 2.83. The Bertz CT molecular complexity index is 2020. The molecule has 0 N–H and O–H groups in total. The van der Waals surface area contributed by atoms with Crippen molar-refractivity contribution in [2.75, 3.05) is 34.9 Å². The standard InChI is InChI=1S/C47H45N3O3/c1-32-5-14-41(15-6-32)48-26-35-23-38(11-20-44(35)51-29-48)47(4,39-12-21-45-36(24-39)27-49(30-52-45)42-16-7-33(2)8-17-42)40-13-22-46-37(25-40)28-50(31-53-46)43-18-9-34(3)10-19-43/h5-25H,26-31H2,1-4H3. The molecule has 6 aromatic rings. The number of hydrogen-bond acceptors (Lipinski definition) is 6. The van der Waals surface area contributed by atoms with Crippen molar-refractivity contribution in [1.29, 1.82) is 0 Å². The summed E-state index contributed by atoms with van der Waals surface area (Å²) >= 11 is 0. The largest absolute Gasteiger partial charge is 0.473 e. The molecule has 53 heavy (non-hydrogen) atoms. The summed E-state index contributed by atoms with van der Waals surface area (Å²) in [7, 11) is 0. The maximum absolute atomic E-state index is 6.35. The normalized spacial score (nSPS) is 15.1. The van der Waals surface area contributed by atoms with E-state index in [9.17, 15) is 0 Å². The van der Waals surface area contributed by atoms with E-state index in [1.165, 1.54) is 50.1 Å². The van der Waals surface area contributed by atoms with Crippen molar-refractivity contribution < 1.29 is 14.2 Å². The van der Waals surface area contributed by atoms with Crippen molar-refractivity contribution in [3.05, 3.63) is 177 Å². The highest BCUT2D eigenvalue weighted by Gasteiger charge is 2.35. The summed E-state index contributed by atoms with van der Waals surface area (Å²) in [6.07, 6.45) is 0. The molecule has 0 amide bonds. The maximum atomic E-state index is 6.35. The van der Waals surface area contributed by atoms with Crippen LogP contribution in [-0.4, -0.2) is 20.2 Å². The Balaban J connectivity index is 1.12. The second-order valence-electron chi connectivity index (χ2n) is 15.0. The molecule has 9 rings (SSSR count). The van der Waals surface area contributed by atoms with Crippen molar-refractivity contribution in [3.8, 4) is 17.2 Å².